The minimum absolute atomic E-state index is 0.0789. The number of nitrogens with zero attached hydrogens (tertiary/aromatic N) is 3. The molecule has 41 heavy (non-hydrogen) atoms. The van der Waals surface area contributed by atoms with Gasteiger partial charge >= 0.3 is 0 Å². The molecule has 1 aromatic carbocycles. The van der Waals surface area contributed by atoms with Gasteiger partial charge in [-0.1, -0.05) is 24.2 Å². The number of halogens is 1. The van der Waals surface area contributed by atoms with Gasteiger partial charge in [0.25, 0.3) is 0 Å². The number of aromatic nitrogens is 2. The molecule has 8 nitrogen and oxygen atoms in total. The molecule has 0 atom stereocenters. The van der Waals surface area contributed by atoms with Gasteiger partial charge < -0.3 is 19.5 Å². The largest absolute Gasteiger partial charge is 0.453 e. The van der Waals surface area contributed by atoms with E-state index in [-0.39, 0.29) is 30.3 Å². The van der Waals surface area contributed by atoms with Gasteiger partial charge in [-0.2, -0.15) is 0 Å². The van der Waals surface area contributed by atoms with Gasteiger partial charge in [-0.25, -0.2) is 4.39 Å². The third kappa shape index (κ3) is 7.25. The molecular weight excluding hydrogens is 543 g/mol. The van der Waals surface area contributed by atoms with E-state index in [2.05, 4.69) is 28.5 Å². The van der Waals surface area contributed by atoms with Crippen molar-refractivity contribution in [3.63, 3.8) is 0 Å². The topological polar surface area (TPSA) is 97.6 Å². The minimum atomic E-state index is -0.543. The van der Waals surface area contributed by atoms with Crippen LogP contribution in [0.2, 0.25) is 0 Å². The number of benzene rings is 1. The fourth-order valence-corrected chi connectivity index (χ4v) is 5.91. The van der Waals surface area contributed by atoms with Crippen molar-refractivity contribution in [2.24, 2.45) is 0 Å². The summed E-state index contributed by atoms with van der Waals surface area (Å²) < 4.78 is 26.8. The average molecular weight is 577 g/mol. The second-order valence-corrected chi connectivity index (χ2v) is 11.2. The van der Waals surface area contributed by atoms with Crippen LogP contribution >= 0.6 is 11.3 Å². The Morgan fingerprint density at radius 1 is 1.15 bits per heavy atom. The number of carbonyl (C=O) groups excluding carboxylic acids is 2. The summed E-state index contributed by atoms with van der Waals surface area (Å²) in [6, 6.07) is 10.0. The Kier molecular flexibility index (Phi) is 9.21. The number of fused-ring (bicyclic) bond motifs is 1. The number of hydrogen-bond acceptors (Lipinski definition) is 8. The van der Waals surface area contributed by atoms with E-state index in [1.54, 1.807) is 48.7 Å². The Morgan fingerprint density at radius 3 is 2.76 bits per heavy atom. The number of rotatable bonds is 12. The first-order valence-electron chi connectivity index (χ1n) is 13.9. The van der Waals surface area contributed by atoms with Crippen LogP contribution in [0.3, 0.4) is 0 Å². The fraction of sp³-hybridized carbons (Fsp3) is 0.355. The van der Waals surface area contributed by atoms with Crippen molar-refractivity contribution in [3.05, 3.63) is 76.4 Å². The lowest BCUT2D eigenvalue weighted by Crippen LogP contribution is -2.36. The summed E-state index contributed by atoms with van der Waals surface area (Å²) in [7, 11) is 0. The number of nitrogens with one attached hydrogen (secondary N) is 1. The smallest absolute Gasteiger partial charge is 0.224 e. The van der Waals surface area contributed by atoms with Gasteiger partial charge in [0.05, 0.1) is 22.3 Å². The lowest BCUT2D eigenvalue weighted by atomic mass is 10.1. The van der Waals surface area contributed by atoms with Crippen LogP contribution in [-0.4, -0.2) is 52.9 Å². The Bertz CT molecular complexity index is 1580. The second kappa shape index (κ2) is 13.2. The van der Waals surface area contributed by atoms with Gasteiger partial charge in [-0.05, 0) is 55.6 Å². The highest BCUT2D eigenvalue weighted by Gasteiger charge is 2.20. The van der Waals surface area contributed by atoms with Crippen molar-refractivity contribution < 1.29 is 23.2 Å². The van der Waals surface area contributed by atoms with E-state index in [0.717, 1.165) is 34.5 Å². The van der Waals surface area contributed by atoms with E-state index in [9.17, 15) is 9.59 Å². The summed E-state index contributed by atoms with van der Waals surface area (Å²) in [4.78, 5) is 32.4. The first kappa shape index (κ1) is 28.6. The number of ketones is 1. The number of thiophene rings is 1. The predicted octanol–water partition coefficient (Wildman–Crippen LogP) is 5.88. The predicted molar refractivity (Wildman–Crippen MR) is 157 cm³/mol. The van der Waals surface area contributed by atoms with Crippen molar-refractivity contribution >= 4 is 38.8 Å². The molecule has 0 spiro atoms. The zero-order valence-corrected chi connectivity index (χ0v) is 24.1. The van der Waals surface area contributed by atoms with Gasteiger partial charge in [0.15, 0.2) is 11.6 Å². The molecular formula is C31H33FN4O4S. The van der Waals surface area contributed by atoms with Crippen LogP contribution in [0, 0.1) is 12.7 Å². The number of amides is 1. The highest BCUT2D eigenvalue weighted by molar-refractivity contribution is 7.20. The second-order valence-electron chi connectivity index (χ2n) is 10.1. The highest BCUT2D eigenvalue weighted by atomic mass is 32.1. The van der Waals surface area contributed by atoms with Crippen molar-refractivity contribution in [3.8, 4) is 11.5 Å². The minimum Gasteiger partial charge on any atom is -0.453 e. The molecule has 4 heterocycles. The third-order valence-corrected chi connectivity index (χ3v) is 8.08. The van der Waals surface area contributed by atoms with Gasteiger partial charge in [-0.3, -0.25) is 14.6 Å². The Morgan fingerprint density at radius 2 is 2.02 bits per heavy atom. The molecule has 1 amide bonds. The molecule has 0 fully saturated rings. The van der Waals surface area contributed by atoms with Crippen LogP contribution in [0.25, 0.3) is 15.8 Å². The summed E-state index contributed by atoms with van der Waals surface area (Å²) in [5.41, 5.74) is 3.07. The summed E-state index contributed by atoms with van der Waals surface area (Å²) >= 11 is 1.55. The Labute approximate surface area is 242 Å². The van der Waals surface area contributed by atoms with Crippen molar-refractivity contribution in [1.29, 1.82) is 0 Å². The number of aryl methyl sites for hydroxylation is 1. The standard InChI is InChI=1S/C31H33FN4O4S/c1-3-10-33-11-7-30(38)36-13-8-22(9-14-36)29-19-26-31(41-29)28(6-12-34-26)39-27-5-4-21(17-25(27)32)16-24(37)18-23-15-20(2)40-35-23/h4-6,8,12,15,17,19,33H,3,7,9-11,13-14,16,18H2,1-2H3. The van der Waals surface area contributed by atoms with E-state index < -0.39 is 5.82 Å². The third-order valence-electron chi connectivity index (χ3n) is 6.87. The van der Waals surface area contributed by atoms with Crippen LogP contribution in [-0.2, 0) is 22.4 Å². The quantitative estimate of drug-likeness (QED) is 0.210. The number of ether oxygens (including phenoxy) is 1. The van der Waals surface area contributed by atoms with Crippen LogP contribution in [0.15, 0.2) is 53.2 Å². The summed E-state index contributed by atoms with van der Waals surface area (Å²) in [6.07, 6.45) is 6.30. The maximum atomic E-state index is 15.0. The molecule has 0 bridgehead atoms. The first-order chi connectivity index (χ1) is 19.9. The number of Topliss-reactive ketones (excluding diaryl/α,β-unsaturated/α-hetero) is 1. The summed E-state index contributed by atoms with van der Waals surface area (Å²) in [6.45, 7) is 6.77. The van der Waals surface area contributed by atoms with Crippen LogP contribution in [0.4, 0.5) is 4.39 Å². The molecule has 10 heteroatoms. The molecule has 4 aromatic rings. The van der Waals surface area contributed by atoms with Gasteiger partial charge in [0, 0.05) is 55.7 Å². The molecule has 1 N–H and O–H groups in total. The molecule has 5 rings (SSSR count). The highest BCUT2D eigenvalue weighted by Crippen LogP contribution is 2.39. The molecule has 0 aliphatic carbocycles. The van der Waals surface area contributed by atoms with Crippen molar-refractivity contribution in [2.45, 2.75) is 46.0 Å². The van der Waals surface area contributed by atoms with Gasteiger partial charge in [-0.15, -0.1) is 11.3 Å². The van der Waals surface area contributed by atoms with Crippen molar-refractivity contribution in [2.75, 3.05) is 26.2 Å². The Balaban J connectivity index is 1.23. The normalized spacial score (nSPS) is 13.4. The molecule has 0 radical (unpaired) electrons. The lowest BCUT2D eigenvalue weighted by molar-refractivity contribution is -0.130. The van der Waals surface area contributed by atoms with Crippen LogP contribution in [0.5, 0.6) is 11.5 Å². The zero-order valence-electron chi connectivity index (χ0n) is 23.2. The number of carbonyl (C=O) groups is 2. The van der Waals surface area contributed by atoms with Gasteiger partial charge in [0.2, 0.25) is 5.91 Å². The summed E-state index contributed by atoms with van der Waals surface area (Å²) in [5, 5.41) is 7.12. The van der Waals surface area contributed by atoms with Crippen LogP contribution in [0.1, 0.15) is 48.1 Å². The molecule has 214 valence electrons. The SMILES string of the molecule is CCCNCCC(=O)N1CC=C(c2cc3nccc(Oc4ccc(CC(=O)Cc5cc(C)on5)cc4F)c3s2)CC1. The fourth-order valence-electron chi connectivity index (χ4n) is 4.78. The molecule has 1 aliphatic heterocycles. The Hall–Kier alpha value is -3.89. The number of hydrogen-bond donors (Lipinski definition) is 1. The molecule has 0 saturated heterocycles. The van der Waals surface area contributed by atoms with E-state index in [1.807, 2.05) is 11.0 Å². The van der Waals surface area contributed by atoms with E-state index in [0.29, 0.717) is 48.8 Å². The van der Waals surface area contributed by atoms with Gasteiger partial charge in [0.1, 0.15) is 17.3 Å². The number of pyridine rings is 1. The lowest BCUT2D eigenvalue weighted by Gasteiger charge is -2.26. The van der Waals surface area contributed by atoms with E-state index in [1.165, 1.54) is 11.6 Å². The maximum Gasteiger partial charge on any atom is 0.224 e. The monoisotopic (exact) mass is 576 g/mol. The summed E-state index contributed by atoms with van der Waals surface area (Å²) in [5.74, 6) is 0.780. The molecule has 3 aromatic heterocycles. The molecule has 0 saturated carbocycles. The van der Waals surface area contributed by atoms with Crippen LogP contribution < -0.4 is 10.1 Å². The first-order valence-corrected chi connectivity index (χ1v) is 14.7. The van der Waals surface area contributed by atoms with Crippen molar-refractivity contribution in [1.82, 2.24) is 20.4 Å². The zero-order chi connectivity index (χ0) is 28.8. The van der Waals surface area contributed by atoms with E-state index in [4.69, 9.17) is 9.26 Å². The maximum absolute atomic E-state index is 15.0. The molecule has 1 aliphatic rings. The average Bonchev–Trinajstić information content (AvgIpc) is 3.59. The molecule has 0 unspecified atom stereocenters. The van der Waals surface area contributed by atoms with E-state index >= 15 is 4.39 Å².